The maximum atomic E-state index is 13.6. The molecule has 0 atom stereocenters. The smallest absolute Gasteiger partial charge is 0.256 e. The van der Waals surface area contributed by atoms with Gasteiger partial charge in [-0.25, -0.2) is 8.42 Å². The average Bonchev–Trinajstić information content (AvgIpc) is 3.64. The largest absolute Gasteiger partial charge is 0.336 e. The summed E-state index contributed by atoms with van der Waals surface area (Å²) in [6.07, 6.45) is 4.59. The fraction of sp³-hybridized carbons (Fsp3) is 0.346. The van der Waals surface area contributed by atoms with Crippen molar-refractivity contribution in [2.75, 3.05) is 32.4 Å². The van der Waals surface area contributed by atoms with Crippen molar-refractivity contribution >= 4 is 26.8 Å². The molecule has 2 heterocycles. The molecule has 0 unspecified atom stereocenters. The zero-order valence-electron chi connectivity index (χ0n) is 19.3. The minimum atomic E-state index is -3.28. The highest BCUT2D eigenvalue weighted by Crippen LogP contribution is 2.48. The Labute approximate surface area is 199 Å². The van der Waals surface area contributed by atoms with Gasteiger partial charge in [0.25, 0.3) is 5.91 Å². The molecule has 8 heteroatoms. The van der Waals surface area contributed by atoms with Gasteiger partial charge >= 0.3 is 0 Å². The SMILES string of the molecule is Cc1cccc2c(-c3ccc(C4(C#N)CC4)cc3)c(C(=O)N3CCN(S(C)(=O)=O)CC3)cnc12. The Kier molecular flexibility index (Phi) is 5.42. The first-order chi connectivity index (χ1) is 16.2. The molecule has 5 rings (SSSR count). The first-order valence-electron chi connectivity index (χ1n) is 11.4. The molecule has 0 radical (unpaired) electrons. The van der Waals surface area contributed by atoms with Gasteiger partial charge in [-0.2, -0.15) is 9.57 Å². The van der Waals surface area contributed by atoms with Gasteiger partial charge in [0.1, 0.15) is 0 Å². The van der Waals surface area contributed by atoms with Crippen molar-refractivity contribution in [3.63, 3.8) is 0 Å². The highest BCUT2D eigenvalue weighted by molar-refractivity contribution is 7.88. The minimum Gasteiger partial charge on any atom is -0.336 e. The lowest BCUT2D eigenvalue weighted by molar-refractivity contribution is 0.0699. The second kappa shape index (κ2) is 8.19. The average molecular weight is 475 g/mol. The molecule has 1 amide bonds. The summed E-state index contributed by atoms with van der Waals surface area (Å²) in [5.41, 5.74) is 4.73. The normalized spacial score (nSPS) is 18.0. The maximum absolute atomic E-state index is 13.6. The number of para-hydroxylation sites is 1. The van der Waals surface area contributed by atoms with Crippen LogP contribution in [-0.2, 0) is 15.4 Å². The zero-order chi connectivity index (χ0) is 24.1. The van der Waals surface area contributed by atoms with Crippen LogP contribution in [0.4, 0.5) is 0 Å². The standard InChI is InChI=1S/C26H26N4O3S/c1-18-4-3-5-21-23(19-6-8-20(9-7-19)26(17-27)10-11-26)22(16-28-24(18)21)25(31)29-12-14-30(15-13-29)34(2,32)33/h3-9,16H,10-15H2,1-2H3. The molecule has 7 nitrogen and oxygen atoms in total. The number of pyridine rings is 1. The van der Waals surface area contributed by atoms with E-state index in [1.165, 1.54) is 10.6 Å². The van der Waals surface area contributed by atoms with Gasteiger partial charge in [-0.1, -0.05) is 42.5 Å². The predicted molar refractivity (Wildman–Crippen MR) is 131 cm³/mol. The van der Waals surface area contributed by atoms with Gasteiger partial charge in [-0.15, -0.1) is 0 Å². The number of nitriles is 1. The highest BCUT2D eigenvalue weighted by atomic mass is 32.2. The van der Waals surface area contributed by atoms with E-state index in [0.29, 0.717) is 18.7 Å². The third kappa shape index (κ3) is 3.85. The Morgan fingerprint density at radius 1 is 1.06 bits per heavy atom. The molecule has 1 aromatic heterocycles. The molecule has 174 valence electrons. The molecule has 0 spiro atoms. The number of hydrogen-bond acceptors (Lipinski definition) is 5. The topological polar surface area (TPSA) is 94.4 Å². The molecule has 0 N–H and O–H groups in total. The Bertz CT molecular complexity index is 1430. The third-order valence-corrected chi connectivity index (χ3v) is 8.32. The maximum Gasteiger partial charge on any atom is 0.256 e. The van der Waals surface area contributed by atoms with Crippen molar-refractivity contribution in [3.05, 3.63) is 65.4 Å². The van der Waals surface area contributed by atoms with Gasteiger partial charge in [0, 0.05) is 43.3 Å². The van der Waals surface area contributed by atoms with Gasteiger partial charge in [-0.05, 0) is 36.5 Å². The number of carbonyl (C=O) groups excluding carboxylic acids is 1. The Hall–Kier alpha value is -3.28. The first-order valence-corrected chi connectivity index (χ1v) is 13.2. The number of nitrogens with zero attached hydrogens (tertiary/aromatic N) is 4. The van der Waals surface area contributed by atoms with E-state index in [4.69, 9.17) is 0 Å². The molecule has 3 aromatic rings. The van der Waals surface area contributed by atoms with Crippen molar-refractivity contribution in [1.82, 2.24) is 14.2 Å². The molecule has 34 heavy (non-hydrogen) atoms. The summed E-state index contributed by atoms with van der Waals surface area (Å²) >= 11 is 0. The molecule has 2 aromatic carbocycles. The Morgan fingerprint density at radius 2 is 1.74 bits per heavy atom. The minimum absolute atomic E-state index is 0.154. The lowest BCUT2D eigenvalue weighted by Gasteiger charge is -2.33. The third-order valence-electron chi connectivity index (χ3n) is 7.01. The summed E-state index contributed by atoms with van der Waals surface area (Å²) in [5.74, 6) is -0.154. The van der Waals surface area contributed by atoms with E-state index in [1.54, 1.807) is 11.1 Å². The van der Waals surface area contributed by atoms with Gasteiger partial charge in [0.05, 0.1) is 28.8 Å². The van der Waals surface area contributed by atoms with E-state index < -0.39 is 10.0 Å². The van der Waals surface area contributed by atoms with Crippen molar-refractivity contribution in [1.29, 1.82) is 5.26 Å². The van der Waals surface area contributed by atoms with Crippen molar-refractivity contribution in [3.8, 4) is 17.2 Å². The number of fused-ring (bicyclic) bond motifs is 1. The number of rotatable bonds is 4. The van der Waals surface area contributed by atoms with E-state index >= 15 is 0 Å². The Morgan fingerprint density at radius 3 is 2.32 bits per heavy atom. The van der Waals surface area contributed by atoms with Crippen LogP contribution in [0, 0.1) is 18.3 Å². The number of carbonyl (C=O) groups is 1. The van der Waals surface area contributed by atoms with Crippen LogP contribution in [0.5, 0.6) is 0 Å². The highest BCUT2D eigenvalue weighted by Gasteiger charge is 2.44. The summed E-state index contributed by atoms with van der Waals surface area (Å²) in [5, 5.41) is 10.4. The van der Waals surface area contributed by atoms with Crippen LogP contribution < -0.4 is 0 Å². The number of benzene rings is 2. The number of aryl methyl sites for hydroxylation is 1. The van der Waals surface area contributed by atoms with Crippen LogP contribution in [0.3, 0.4) is 0 Å². The lowest BCUT2D eigenvalue weighted by atomic mass is 9.91. The molecule has 1 aliphatic heterocycles. The van der Waals surface area contributed by atoms with Crippen LogP contribution in [0.25, 0.3) is 22.0 Å². The molecule has 2 aliphatic rings. The Balaban J connectivity index is 1.56. The zero-order valence-corrected chi connectivity index (χ0v) is 20.1. The second-order valence-electron chi connectivity index (χ2n) is 9.24. The fourth-order valence-electron chi connectivity index (χ4n) is 4.78. The lowest BCUT2D eigenvalue weighted by Crippen LogP contribution is -2.50. The summed E-state index contributed by atoms with van der Waals surface area (Å²) in [7, 11) is -3.28. The first kappa shape index (κ1) is 22.5. The molecule has 2 fully saturated rings. The monoisotopic (exact) mass is 474 g/mol. The van der Waals surface area contributed by atoms with Gasteiger partial charge < -0.3 is 4.90 Å². The van der Waals surface area contributed by atoms with E-state index in [-0.39, 0.29) is 24.4 Å². The summed E-state index contributed by atoms with van der Waals surface area (Å²) in [6, 6.07) is 16.3. The van der Waals surface area contributed by atoms with Crippen LogP contribution in [0.15, 0.2) is 48.7 Å². The molecular formula is C26H26N4O3S. The van der Waals surface area contributed by atoms with Crippen molar-refractivity contribution in [2.24, 2.45) is 0 Å². The van der Waals surface area contributed by atoms with Crippen molar-refractivity contribution in [2.45, 2.75) is 25.2 Å². The fourth-order valence-corrected chi connectivity index (χ4v) is 5.61. The summed E-state index contributed by atoms with van der Waals surface area (Å²) < 4.78 is 25.1. The molecule has 1 aliphatic carbocycles. The van der Waals surface area contributed by atoms with Crippen LogP contribution in [0.1, 0.15) is 34.3 Å². The van der Waals surface area contributed by atoms with Gasteiger partial charge in [0.2, 0.25) is 10.0 Å². The molecule has 0 bridgehead atoms. The van der Waals surface area contributed by atoms with Crippen LogP contribution in [0.2, 0.25) is 0 Å². The van der Waals surface area contributed by atoms with Crippen LogP contribution >= 0.6 is 0 Å². The molecule has 1 saturated carbocycles. The van der Waals surface area contributed by atoms with Crippen LogP contribution in [-0.4, -0.2) is 60.9 Å². The summed E-state index contributed by atoms with van der Waals surface area (Å²) in [6.45, 7) is 3.23. The van der Waals surface area contributed by atoms with Gasteiger partial charge in [-0.3, -0.25) is 9.78 Å². The second-order valence-corrected chi connectivity index (χ2v) is 11.2. The number of piperazine rings is 1. The number of sulfonamides is 1. The van der Waals surface area contributed by atoms with Crippen molar-refractivity contribution < 1.29 is 13.2 Å². The van der Waals surface area contributed by atoms with Gasteiger partial charge in [0.15, 0.2) is 0 Å². The quantitative estimate of drug-likeness (QED) is 0.577. The molecule has 1 saturated heterocycles. The summed E-state index contributed by atoms with van der Waals surface area (Å²) in [4.78, 5) is 20.0. The van der Waals surface area contributed by atoms with E-state index in [0.717, 1.165) is 46.0 Å². The predicted octanol–water partition coefficient (Wildman–Crippen LogP) is 3.48. The van der Waals surface area contributed by atoms with E-state index in [1.807, 2.05) is 49.4 Å². The number of hydrogen-bond donors (Lipinski definition) is 0. The van der Waals surface area contributed by atoms with E-state index in [9.17, 15) is 18.5 Å². The number of aromatic nitrogens is 1. The number of amides is 1. The molecular weight excluding hydrogens is 448 g/mol. The van der Waals surface area contributed by atoms with E-state index in [2.05, 4.69) is 11.1 Å².